The molecule has 104 valence electrons. The lowest BCUT2D eigenvalue weighted by atomic mass is 10.3. The highest BCUT2D eigenvalue weighted by molar-refractivity contribution is 5.82. The summed E-state index contributed by atoms with van der Waals surface area (Å²) in [5.41, 5.74) is 5.05. The van der Waals surface area contributed by atoms with Gasteiger partial charge in [-0.05, 0) is 13.8 Å². The standard InChI is InChI=1S/C10H16N6O3/c1-6(2)14-7(17)4-15(3)10-8(16(18)19)9(11)12-5-13-10/h5-6H,4H2,1-3H3,(H,14,17)(H2,11,12,13). The Labute approximate surface area is 110 Å². The van der Waals surface area contributed by atoms with Crippen LogP contribution < -0.4 is 16.0 Å². The van der Waals surface area contributed by atoms with E-state index >= 15 is 0 Å². The van der Waals surface area contributed by atoms with Gasteiger partial charge in [-0.3, -0.25) is 14.9 Å². The fourth-order valence-electron chi connectivity index (χ4n) is 1.50. The van der Waals surface area contributed by atoms with Crippen molar-refractivity contribution in [2.75, 3.05) is 24.2 Å². The molecule has 0 radical (unpaired) electrons. The van der Waals surface area contributed by atoms with Crippen LogP contribution in [-0.2, 0) is 4.79 Å². The summed E-state index contributed by atoms with van der Waals surface area (Å²) in [6.07, 6.45) is 1.12. The summed E-state index contributed by atoms with van der Waals surface area (Å²) in [7, 11) is 1.52. The maximum absolute atomic E-state index is 11.6. The second kappa shape index (κ2) is 5.94. The average molecular weight is 268 g/mol. The van der Waals surface area contributed by atoms with Crippen molar-refractivity contribution in [2.45, 2.75) is 19.9 Å². The van der Waals surface area contributed by atoms with Gasteiger partial charge in [0.1, 0.15) is 6.33 Å². The first-order valence-electron chi connectivity index (χ1n) is 5.58. The smallest absolute Gasteiger partial charge is 0.353 e. The molecule has 9 nitrogen and oxygen atoms in total. The number of carbonyl (C=O) groups excluding carboxylic acids is 1. The Balaban J connectivity index is 2.94. The van der Waals surface area contributed by atoms with E-state index < -0.39 is 10.6 Å². The quantitative estimate of drug-likeness (QED) is 0.565. The molecule has 1 heterocycles. The molecule has 0 aromatic carbocycles. The van der Waals surface area contributed by atoms with Gasteiger partial charge in [0.2, 0.25) is 17.5 Å². The maximum Gasteiger partial charge on any atom is 0.353 e. The van der Waals surface area contributed by atoms with Crippen LogP contribution in [0.25, 0.3) is 0 Å². The van der Waals surface area contributed by atoms with Crippen LogP contribution in [0.5, 0.6) is 0 Å². The van der Waals surface area contributed by atoms with Crippen LogP contribution in [0.4, 0.5) is 17.3 Å². The monoisotopic (exact) mass is 268 g/mol. The highest BCUT2D eigenvalue weighted by atomic mass is 16.6. The Hall–Kier alpha value is -2.45. The third kappa shape index (κ3) is 3.76. The lowest BCUT2D eigenvalue weighted by Crippen LogP contribution is -2.39. The third-order valence-electron chi connectivity index (χ3n) is 2.21. The van der Waals surface area contributed by atoms with Gasteiger partial charge in [0.05, 0.1) is 11.5 Å². The number of amides is 1. The summed E-state index contributed by atoms with van der Waals surface area (Å²) >= 11 is 0. The van der Waals surface area contributed by atoms with Gasteiger partial charge in [-0.2, -0.15) is 0 Å². The van der Waals surface area contributed by atoms with Gasteiger partial charge in [-0.15, -0.1) is 0 Å². The van der Waals surface area contributed by atoms with Gasteiger partial charge in [0, 0.05) is 13.1 Å². The number of carbonyl (C=O) groups is 1. The Morgan fingerprint density at radius 1 is 1.58 bits per heavy atom. The van der Waals surface area contributed by atoms with Crippen LogP contribution in [0.1, 0.15) is 13.8 Å². The van der Waals surface area contributed by atoms with Crippen molar-refractivity contribution in [3.63, 3.8) is 0 Å². The molecule has 0 fully saturated rings. The molecule has 0 atom stereocenters. The number of nitrogens with zero attached hydrogens (tertiary/aromatic N) is 4. The minimum atomic E-state index is -0.665. The number of anilines is 2. The SMILES string of the molecule is CC(C)NC(=O)CN(C)c1ncnc(N)c1[N+](=O)[O-]. The molecule has 0 spiro atoms. The number of hydrogen-bond donors (Lipinski definition) is 2. The van der Waals surface area contributed by atoms with E-state index in [0.717, 1.165) is 6.33 Å². The van der Waals surface area contributed by atoms with Crippen molar-refractivity contribution in [3.8, 4) is 0 Å². The fourth-order valence-corrected chi connectivity index (χ4v) is 1.50. The molecule has 19 heavy (non-hydrogen) atoms. The second-order valence-corrected chi connectivity index (χ2v) is 4.27. The predicted molar refractivity (Wildman–Crippen MR) is 69.6 cm³/mol. The van der Waals surface area contributed by atoms with E-state index in [2.05, 4.69) is 15.3 Å². The molecule has 0 saturated heterocycles. The first kappa shape index (κ1) is 14.6. The maximum atomic E-state index is 11.6. The Morgan fingerprint density at radius 3 is 2.74 bits per heavy atom. The number of nitrogens with one attached hydrogen (secondary N) is 1. The van der Waals surface area contributed by atoms with Gasteiger partial charge >= 0.3 is 5.69 Å². The first-order chi connectivity index (χ1) is 8.82. The van der Waals surface area contributed by atoms with E-state index in [1.54, 1.807) is 0 Å². The Kier molecular flexibility index (Phi) is 4.56. The van der Waals surface area contributed by atoms with Crippen molar-refractivity contribution in [2.24, 2.45) is 0 Å². The minimum Gasteiger partial charge on any atom is -0.378 e. The van der Waals surface area contributed by atoms with E-state index in [-0.39, 0.29) is 30.1 Å². The summed E-state index contributed by atoms with van der Waals surface area (Å²) in [4.78, 5) is 30.6. The second-order valence-electron chi connectivity index (χ2n) is 4.27. The van der Waals surface area contributed by atoms with Crippen LogP contribution in [0, 0.1) is 10.1 Å². The Morgan fingerprint density at radius 2 is 2.21 bits per heavy atom. The molecule has 1 aromatic rings. The summed E-state index contributed by atoms with van der Waals surface area (Å²) in [6.45, 7) is 3.58. The molecule has 0 unspecified atom stereocenters. The number of hydrogen-bond acceptors (Lipinski definition) is 7. The lowest BCUT2D eigenvalue weighted by Gasteiger charge is -2.18. The highest BCUT2D eigenvalue weighted by Gasteiger charge is 2.24. The zero-order chi connectivity index (χ0) is 14.6. The first-order valence-corrected chi connectivity index (χ1v) is 5.58. The summed E-state index contributed by atoms with van der Waals surface area (Å²) < 4.78 is 0. The van der Waals surface area contributed by atoms with E-state index in [1.807, 2.05) is 13.8 Å². The van der Waals surface area contributed by atoms with Crippen LogP contribution in [-0.4, -0.2) is 40.4 Å². The van der Waals surface area contributed by atoms with Crippen LogP contribution in [0.15, 0.2) is 6.33 Å². The topological polar surface area (TPSA) is 127 Å². The molecule has 1 amide bonds. The van der Waals surface area contributed by atoms with Crippen LogP contribution in [0.3, 0.4) is 0 Å². The summed E-state index contributed by atoms with van der Waals surface area (Å²) in [5.74, 6) is -0.480. The largest absolute Gasteiger partial charge is 0.378 e. The van der Waals surface area contributed by atoms with E-state index in [9.17, 15) is 14.9 Å². The average Bonchev–Trinajstić information content (AvgIpc) is 2.26. The van der Waals surface area contributed by atoms with Crippen molar-refractivity contribution < 1.29 is 9.72 Å². The molecule has 9 heteroatoms. The molecule has 0 saturated carbocycles. The Bertz CT molecular complexity index is 490. The normalized spacial score (nSPS) is 10.3. The van der Waals surface area contributed by atoms with E-state index in [4.69, 9.17) is 5.73 Å². The van der Waals surface area contributed by atoms with Gasteiger partial charge in [0.25, 0.3) is 0 Å². The molecule has 0 aliphatic heterocycles. The van der Waals surface area contributed by atoms with Crippen molar-refractivity contribution in [1.29, 1.82) is 0 Å². The third-order valence-corrected chi connectivity index (χ3v) is 2.21. The summed E-state index contributed by atoms with van der Waals surface area (Å²) in [5, 5.41) is 13.6. The van der Waals surface area contributed by atoms with Gasteiger partial charge in [0.15, 0.2) is 0 Å². The molecular weight excluding hydrogens is 252 g/mol. The number of nitro groups is 1. The minimum absolute atomic E-state index is 0.00801. The molecule has 0 aliphatic carbocycles. The predicted octanol–water partition coefficient (Wildman–Crippen LogP) is -0.0722. The zero-order valence-electron chi connectivity index (χ0n) is 11.0. The summed E-state index contributed by atoms with van der Waals surface area (Å²) in [6, 6.07) is -0.00801. The van der Waals surface area contributed by atoms with Crippen molar-refractivity contribution >= 4 is 23.2 Å². The lowest BCUT2D eigenvalue weighted by molar-refractivity contribution is -0.383. The van der Waals surface area contributed by atoms with Gasteiger partial charge in [-0.1, -0.05) is 0 Å². The molecule has 0 bridgehead atoms. The van der Waals surface area contributed by atoms with Crippen LogP contribution in [0.2, 0.25) is 0 Å². The number of nitrogen functional groups attached to an aromatic ring is 1. The van der Waals surface area contributed by atoms with E-state index in [0.29, 0.717) is 0 Å². The number of likely N-dealkylation sites (N-methyl/N-ethyl adjacent to an activating group) is 1. The van der Waals surface area contributed by atoms with E-state index in [1.165, 1.54) is 11.9 Å². The van der Waals surface area contributed by atoms with Crippen LogP contribution >= 0.6 is 0 Å². The molecule has 3 N–H and O–H groups in total. The number of rotatable bonds is 5. The van der Waals surface area contributed by atoms with Gasteiger partial charge < -0.3 is 16.0 Å². The fraction of sp³-hybridized carbons (Fsp3) is 0.500. The molecule has 0 aliphatic rings. The highest BCUT2D eigenvalue weighted by Crippen LogP contribution is 2.28. The number of aromatic nitrogens is 2. The molecular formula is C10H16N6O3. The van der Waals surface area contributed by atoms with Crippen molar-refractivity contribution in [1.82, 2.24) is 15.3 Å². The molecule has 1 aromatic heterocycles. The number of nitrogens with two attached hydrogens (primary N) is 1. The van der Waals surface area contributed by atoms with Crippen molar-refractivity contribution in [3.05, 3.63) is 16.4 Å². The zero-order valence-corrected chi connectivity index (χ0v) is 11.0. The van der Waals surface area contributed by atoms with Gasteiger partial charge in [-0.25, -0.2) is 9.97 Å². The molecule has 1 rings (SSSR count).